The number of benzene rings is 8. The van der Waals surface area contributed by atoms with Gasteiger partial charge in [0.25, 0.3) is 0 Å². The van der Waals surface area contributed by atoms with Gasteiger partial charge in [-0.1, -0.05) is 201 Å². The highest BCUT2D eigenvalue weighted by molar-refractivity contribution is 6.22. The molecule has 60 heavy (non-hydrogen) atoms. The van der Waals surface area contributed by atoms with Crippen molar-refractivity contribution in [2.24, 2.45) is 0 Å². The summed E-state index contributed by atoms with van der Waals surface area (Å²) in [6, 6.07) is 57.5. The lowest BCUT2D eigenvalue weighted by atomic mass is 9.84. The molecule has 0 radical (unpaired) electrons. The van der Waals surface area contributed by atoms with E-state index in [2.05, 4.69) is 227 Å². The minimum atomic E-state index is 0.772. The summed E-state index contributed by atoms with van der Waals surface area (Å²) in [5.41, 5.74) is 9.58. The Morgan fingerprint density at radius 3 is 1.77 bits per heavy atom. The van der Waals surface area contributed by atoms with Crippen LogP contribution in [0.4, 0.5) is 0 Å². The number of rotatable bonds is 14. The molecule has 0 saturated heterocycles. The molecule has 1 N–H and O–H groups in total. The minimum absolute atomic E-state index is 0.772. The van der Waals surface area contributed by atoms with Gasteiger partial charge in [0.05, 0.1) is 0 Å². The van der Waals surface area contributed by atoms with Crippen molar-refractivity contribution in [3.8, 4) is 22.3 Å². The Bertz CT molecular complexity index is 2860. The van der Waals surface area contributed by atoms with Crippen molar-refractivity contribution in [1.82, 2.24) is 5.32 Å². The molecule has 296 valence electrons. The molecule has 0 aliphatic rings. The van der Waals surface area contributed by atoms with Gasteiger partial charge in [-0.25, -0.2) is 0 Å². The lowest BCUT2D eigenvalue weighted by Gasteiger charge is -2.19. The Hall–Kier alpha value is -6.96. The molecule has 1 heteroatoms. The van der Waals surface area contributed by atoms with Crippen molar-refractivity contribution in [2.75, 3.05) is 0 Å². The van der Waals surface area contributed by atoms with Crippen LogP contribution in [0.25, 0.3) is 70.9 Å². The van der Waals surface area contributed by atoms with Gasteiger partial charge in [-0.2, -0.15) is 0 Å². The topological polar surface area (TPSA) is 12.0 Å². The van der Waals surface area contributed by atoms with Crippen LogP contribution in [0.1, 0.15) is 50.7 Å². The zero-order chi connectivity index (χ0) is 41.5. The van der Waals surface area contributed by atoms with Crippen LogP contribution < -0.4 is 5.32 Å². The Labute approximate surface area is 357 Å². The molecule has 8 rings (SSSR count). The number of hydrogen-bond donors (Lipinski definition) is 1. The van der Waals surface area contributed by atoms with E-state index in [9.17, 15) is 0 Å². The van der Waals surface area contributed by atoms with Crippen LogP contribution in [0.15, 0.2) is 225 Å². The molecule has 8 aromatic rings. The zero-order valence-corrected chi connectivity index (χ0v) is 35.1. The first-order valence-electron chi connectivity index (χ1n) is 21.3. The van der Waals surface area contributed by atoms with Crippen LogP contribution in [0.3, 0.4) is 0 Å². The lowest BCUT2D eigenvalue weighted by Crippen LogP contribution is -2.03. The number of fused-ring (bicyclic) bond motifs is 4. The smallest absolute Gasteiger partial charge is 0.0395 e. The first-order valence-corrected chi connectivity index (χ1v) is 21.3. The van der Waals surface area contributed by atoms with Gasteiger partial charge in [0, 0.05) is 6.54 Å². The van der Waals surface area contributed by atoms with E-state index in [1.165, 1.54) is 77.3 Å². The van der Waals surface area contributed by atoms with E-state index in [1.807, 2.05) is 12.3 Å². The standard InChI is InChI=1S/C54H45N.C5H10/c1-3-4-6-16-39(2)26-27-43(23-15-34-55-38-40-17-7-5-8-18-40)46-32-33-51-52(37-46)54(48-31-29-42-20-10-12-22-45(42)36-48)50-25-14-13-24-49(50)53(51)47-30-28-41-19-9-11-21-44(41)35-47;1-3-5-4-2/h3-5,7-15,17-37,55H,2,6,16,38H2,1H3;3H,1,4-5H2,2H3/b4-3-,27-26-,34-15+,43-23+;. The van der Waals surface area contributed by atoms with Crippen molar-refractivity contribution in [1.29, 1.82) is 0 Å². The SMILES string of the molecule is C=C(\C=C/C(=C\C=C\NCc1ccccc1)c1ccc2c(-c3ccc4ccccc4c3)c3ccccc3c(-c3ccc4ccccc4c3)c2c1)CC/C=C\C.C=CCCC. The molecule has 0 fully saturated rings. The van der Waals surface area contributed by atoms with E-state index in [0.29, 0.717) is 0 Å². The maximum Gasteiger partial charge on any atom is 0.0395 e. The molecular formula is C59H55N. The average molecular weight is 778 g/mol. The predicted molar refractivity (Wildman–Crippen MR) is 265 cm³/mol. The summed E-state index contributed by atoms with van der Waals surface area (Å²) in [5, 5.41) is 13.4. The van der Waals surface area contributed by atoms with Gasteiger partial charge in [-0.05, 0) is 139 Å². The lowest BCUT2D eigenvalue weighted by molar-refractivity contribution is 0.870. The van der Waals surface area contributed by atoms with Gasteiger partial charge in [0.1, 0.15) is 0 Å². The quantitative estimate of drug-likeness (QED) is 0.0659. The normalized spacial score (nSPS) is 11.9. The summed E-state index contributed by atoms with van der Waals surface area (Å²) in [7, 11) is 0. The van der Waals surface area contributed by atoms with Crippen molar-refractivity contribution >= 4 is 48.7 Å². The largest absolute Gasteiger partial charge is 0.387 e. The Kier molecular flexibility index (Phi) is 14.2. The molecular weight excluding hydrogens is 723 g/mol. The van der Waals surface area contributed by atoms with Crippen molar-refractivity contribution in [3.63, 3.8) is 0 Å². The highest BCUT2D eigenvalue weighted by Gasteiger charge is 2.18. The van der Waals surface area contributed by atoms with E-state index < -0.39 is 0 Å². The highest BCUT2D eigenvalue weighted by Crippen LogP contribution is 2.45. The maximum absolute atomic E-state index is 4.39. The number of nitrogens with one attached hydrogen (secondary N) is 1. The highest BCUT2D eigenvalue weighted by atomic mass is 14.8. The molecule has 0 aliphatic heterocycles. The third-order valence-corrected chi connectivity index (χ3v) is 10.9. The zero-order valence-electron chi connectivity index (χ0n) is 35.1. The van der Waals surface area contributed by atoms with E-state index in [4.69, 9.17) is 0 Å². The number of unbranched alkanes of at least 4 members (excludes halogenated alkanes) is 1. The van der Waals surface area contributed by atoms with Crippen LogP contribution in [0.5, 0.6) is 0 Å². The summed E-state index contributed by atoms with van der Waals surface area (Å²) >= 11 is 0. The van der Waals surface area contributed by atoms with Gasteiger partial charge < -0.3 is 5.32 Å². The van der Waals surface area contributed by atoms with Crippen LogP contribution in [-0.4, -0.2) is 0 Å². The second-order valence-electron chi connectivity index (χ2n) is 15.2. The van der Waals surface area contributed by atoms with E-state index in [1.54, 1.807) is 0 Å². The fourth-order valence-corrected chi connectivity index (χ4v) is 7.84. The summed E-state index contributed by atoms with van der Waals surface area (Å²) in [4.78, 5) is 0. The number of allylic oxidation sites excluding steroid dienone is 9. The van der Waals surface area contributed by atoms with Crippen LogP contribution in [0.2, 0.25) is 0 Å². The first kappa shape index (κ1) is 41.2. The molecule has 1 nitrogen and oxygen atoms in total. The number of hydrogen-bond acceptors (Lipinski definition) is 1. The molecule has 0 unspecified atom stereocenters. The predicted octanol–water partition coefficient (Wildman–Crippen LogP) is 16.8. The molecule has 0 bridgehead atoms. The second kappa shape index (κ2) is 20.6. The Morgan fingerprint density at radius 1 is 0.583 bits per heavy atom. The molecule has 0 saturated carbocycles. The molecule has 0 aliphatic carbocycles. The molecule has 0 atom stereocenters. The maximum atomic E-state index is 4.39. The molecule has 0 aromatic heterocycles. The van der Waals surface area contributed by atoms with Crippen LogP contribution >= 0.6 is 0 Å². The van der Waals surface area contributed by atoms with Crippen molar-refractivity contribution < 1.29 is 0 Å². The van der Waals surface area contributed by atoms with Crippen LogP contribution in [0, 0.1) is 0 Å². The van der Waals surface area contributed by atoms with Gasteiger partial charge in [-0.3, -0.25) is 0 Å². The summed E-state index contributed by atoms with van der Waals surface area (Å²) in [6.45, 7) is 12.9. The Morgan fingerprint density at radius 2 is 1.17 bits per heavy atom. The fraction of sp³-hybridized carbons (Fsp3) is 0.119. The second-order valence-corrected chi connectivity index (χ2v) is 15.2. The molecule has 0 spiro atoms. The van der Waals surface area contributed by atoms with Gasteiger partial charge >= 0.3 is 0 Å². The van der Waals surface area contributed by atoms with E-state index in [-0.39, 0.29) is 0 Å². The van der Waals surface area contributed by atoms with Crippen molar-refractivity contribution in [2.45, 2.75) is 46.1 Å². The summed E-state index contributed by atoms with van der Waals surface area (Å²) < 4.78 is 0. The third kappa shape index (κ3) is 10.0. The first-order chi connectivity index (χ1) is 29.6. The van der Waals surface area contributed by atoms with Gasteiger partial charge in [-0.15, -0.1) is 6.58 Å². The molecule has 0 heterocycles. The minimum Gasteiger partial charge on any atom is -0.387 e. The van der Waals surface area contributed by atoms with Crippen LogP contribution in [-0.2, 0) is 6.54 Å². The molecule has 0 amide bonds. The third-order valence-electron chi connectivity index (χ3n) is 10.9. The van der Waals surface area contributed by atoms with Crippen molar-refractivity contribution in [3.05, 3.63) is 236 Å². The summed E-state index contributed by atoms with van der Waals surface area (Å²) in [6.07, 6.45) is 21.3. The Balaban J connectivity index is 0.00000103. The average Bonchev–Trinajstić information content (AvgIpc) is 3.29. The summed E-state index contributed by atoms with van der Waals surface area (Å²) in [5.74, 6) is 0. The fourth-order valence-electron chi connectivity index (χ4n) is 7.84. The monoisotopic (exact) mass is 777 g/mol. The molecule has 8 aromatic carbocycles. The van der Waals surface area contributed by atoms with Gasteiger partial charge in [0.15, 0.2) is 0 Å². The van der Waals surface area contributed by atoms with E-state index in [0.717, 1.165) is 42.5 Å². The van der Waals surface area contributed by atoms with Gasteiger partial charge in [0.2, 0.25) is 0 Å². The van der Waals surface area contributed by atoms with E-state index >= 15 is 0 Å².